The molecule has 0 spiro atoms. The molecule has 0 unspecified atom stereocenters. The number of rotatable bonds is 9. The molecular weight excluding hydrogens is 348 g/mol. The number of carbonyl (C=O) groups excluding carboxylic acids is 1. The standard InChI is InChI=1S/C24H34N2O2/c1-6-10-11-15-26-17(5)16-21(27)22(20(26)9-4)24(28)25-23-18(7-2)13-12-14-19(23)8-3/h12-14,16H,6-11,15H2,1-5H3,(H,25,28). The maximum atomic E-state index is 13.2. The highest BCUT2D eigenvalue weighted by molar-refractivity contribution is 6.05. The van der Waals surface area contributed by atoms with Crippen LogP contribution in [0, 0.1) is 6.92 Å². The molecule has 1 heterocycles. The minimum atomic E-state index is -0.290. The molecule has 0 aliphatic heterocycles. The third kappa shape index (κ3) is 4.73. The predicted molar refractivity (Wildman–Crippen MR) is 117 cm³/mol. The smallest absolute Gasteiger partial charge is 0.261 e. The van der Waals surface area contributed by atoms with E-state index < -0.39 is 0 Å². The molecule has 0 fully saturated rings. The van der Waals surface area contributed by atoms with Crippen LogP contribution in [0.15, 0.2) is 29.1 Å². The summed E-state index contributed by atoms with van der Waals surface area (Å²) < 4.78 is 2.15. The first-order chi connectivity index (χ1) is 13.5. The molecule has 0 saturated carbocycles. The molecule has 2 aromatic rings. The Morgan fingerprint density at radius 1 is 1.00 bits per heavy atom. The second-order valence-corrected chi connectivity index (χ2v) is 7.30. The number of pyridine rings is 1. The Hall–Kier alpha value is -2.36. The summed E-state index contributed by atoms with van der Waals surface area (Å²) in [6, 6.07) is 7.70. The molecule has 28 heavy (non-hydrogen) atoms. The average molecular weight is 383 g/mol. The quantitative estimate of drug-likeness (QED) is 0.599. The Bertz CT molecular complexity index is 859. The van der Waals surface area contributed by atoms with E-state index in [4.69, 9.17) is 0 Å². The summed E-state index contributed by atoms with van der Waals surface area (Å²) in [4.78, 5) is 26.0. The van der Waals surface area contributed by atoms with E-state index in [0.29, 0.717) is 6.42 Å². The summed E-state index contributed by atoms with van der Waals surface area (Å²) in [5.74, 6) is -0.290. The summed E-state index contributed by atoms with van der Waals surface area (Å²) >= 11 is 0. The van der Waals surface area contributed by atoms with Crippen molar-refractivity contribution in [1.82, 2.24) is 4.57 Å². The van der Waals surface area contributed by atoms with E-state index >= 15 is 0 Å². The molecule has 4 heteroatoms. The first kappa shape index (κ1) is 21.9. The zero-order valence-electron chi connectivity index (χ0n) is 18.0. The number of unbranched alkanes of at least 4 members (excludes halogenated alkanes) is 2. The van der Waals surface area contributed by atoms with Crippen molar-refractivity contribution < 1.29 is 4.79 Å². The van der Waals surface area contributed by atoms with Gasteiger partial charge in [0.2, 0.25) is 0 Å². The first-order valence-corrected chi connectivity index (χ1v) is 10.6. The van der Waals surface area contributed by atoms with E-state index in [1.165, 1.54) is 0 Å². The van der Waals surface area contributed by atoms with Crippen LogP contribution >= 0.6 is 0 Å². The molecule has 2 rings (SSSR count). The van der Waals surface area contributed by atoms with Crippen molar-refractivity contribution in [3.63, 3.8) is 0 Å². The number of carbonyl (C=O) groups is 1. The third-order valence-corrected chi connectivity index (χ3v) is 5.41. The van der Waals surface area contributed by atoms with E-state index in [1.807, 2.05) is 32.0 Å². The van der Waals surface area contributed by atoms with Gasteiger partial charge in [-0.1, -0.05) is 58.7 Å². The summed E-state index contributed by atoms with van der Waals surface area (Å²) in [5, 5.41) is 3.07. The fourth-order valence-corrected chi connectivity index (χ4v) is 3.85. The Morgan fingerprint density at radius 2 is 1.64 bits per heavy atom. The maximum absolute atomic E-state index is 13.2. The van der Waals surface area contributed by atoms with Gasteiger partial charge in [-0.15, -0.1) is 0 Å². The largest absolute Gasteiger partial charge is 0.348 e. The van der Waals surface area contributed by atoms with Gasteiger partial charge in [0, 0.05) is 29.7 Å². The molecular formula is C24H34N2O2. The molecule has 152 valence electrons. The Labute approximate surface area is 169 Å². The molecule has 0 aliphatic rings. The van der Waals surface area contributed by atoms with Crippen LogP contribution in [0.4, 0.5) is 5.69 Å². The molecule has 1 N–H and O–H groups in total. The van der Waals surface area contributed by atoms with Crippen LogP contribution in [0.1, 0.15) is 79.8 Å². The van der Waals surface area contributed by atoms with Crippen LogP contribution in [-0.2, 0) is 25.8 Å². The Balaban J connectivity index is 2.49. The van der Waals surface area contributed by atoms with Crippen molar-refractivity contribution in [3.05, 3.63) is 62.6 Å². The molecule has 1 amide bonds. The number of nitrogens with zero attached hydrogens (tertiary/aromatic N) is 1. The lowest BCUT2D eigenvalue weighted by Crippen LogP contribution is -2.28. The number of hydrogen-bond acceptors (Lipinski definition) is 2. The number of aromatic nitrogens is 1. The van der Waals surface area contributed by atoms with Gasteiger partial charge in [0.15, 0.2) is 5.43 Å². The van der Waals surface area contributed by atoms with Gasteiger partial charge in [-0.05, 0) is 43.7 Å². The average Bonchev–Trinajstić information content (AvgIpc) is 2.69. The highest BCUT2D eigenvalue weighted by Crippen LogP contribution is 2.24. The molecule has 0 bridgehead atoms. The normalized spacial score (nSPS) is 10.9. The van der Waals surface area contributed by atoms with Crippen LogP contribution in [0.2, 0.25) is 0 Å². The Kier molecular flexibility index (Phi) is 8.04. The van der Waals surface area contributed by atoms with E-state index in [2.05, 4.69) is 30.7 Å². The van der Waals surface area contributed by atoms with Crippen molar-refractivity contribution >= 4 is 11.6 Å². The van der Waals surface area contributed by atoms with Gasteiger partial charge < -0.3 is 9.88 Å². The summed E-state index contributed by atoms with van der Waals surface area (Å²) in [6.07, 6.45) is 5.65. The fourth-order valence-electron chi connectivity index (χ4n) is 3.85. The minimum absolute atomic E-state index is 0.189. The molecule has 4 nitrogen and oxygen atoms in total. The second kappa shape index (κ2) is 10.3. The van der Waals surface area contributed by atoms with Crippen LogP contribution in [-0.4, -0.2) is 10.5 Å². The maximum Gasteiger partial charge on any atom is 0.261 e. The van der Waals surface area contributed by atoms with Crippen molar-refractivity contribution in [2.24, 2.45) is 0 Å². The van der Waals surface area contributed by atoms with Crippen molar-refractivity contribution in [1.29, 1.82) is 0 Å². The fraction of sp³-hybridized carbons (Fsp3) is 0.500. The van der Waals surface area contributed by atoms with Gasteiger partial charge in [0.1, 0.15) is 5.56 Å². The topological polar surface area (TPSA) is 51.1 Å². The highest BCUT2D eigenvalue weighted by Gasteiger charge is 2.20. The minimum Gasteiger partial charge on any atom is -0.348 e. The SMILES string of the molecule is CCCCCn1c(C)cc(=O)c(C(=O)Nc2c(CC)cccc2CC)c1CC. The number of hydrogen-bond donors (Lipinski definition) is 1. The van der Waals surface area contributed by atoms with Gasteiger partial charge >= 0.3 is 0 Å². The molecule has 1 aromatic heterocycles. The van der Waals surface area contributed by atoms with Crippen molar-refractivity contribution in [3.8, 4) is 0 Å². The molecule has 1 aromatic carbocycles. The first-order valence-electron chi connectivity index (χ1n) is 10.6. The summed E-state index contributed by atoms with van der Waals surface area (Å²) in [6.45, 7) is 11.1. The number of benzene rings is 1. The van der Waals surface area contributed by atoms with E-state index in [1.54, 1.807) is 6.07 Å². The summed E-state index contributed by atoms with van der Waals surface area (Å²) in [7, 11) is 0. The van der Waals surface area contributed by atoms with Crippen LogP contribution in [0.3, 0.4) is 0 Å². The van der Waals surface area contributed by atoms with Gasteiger partial charge in [-0.2, -0.15) is 0 Å². The van der Waals surface area contributed by atoms with E-state index in [9.17, 15) is 9.59 Å². The Morgan fingerprint density at radius 3 is 2.18 bits per heavy atom. The zero-order chi connectivity index (χ0) is 20.7. The van der Waals surface area contributed by atoms with Crippen molar-refractivity contribution in [2.75, 3.05) is 5.32 Å². The predicted octanol–water partition coefficient (Wildman–Crippen LogP) is 5.29. The van der Waals surface area contributed by atoms with E-state index in [-0.39, 0.29) is 16.9 Å². The molecule has 0 saturated heterocycles. The molecule has 0 aliphatic carbocycles. The van der Waals surface area contributed by atoms with Crippen LogP contribution in [0.5, 0.6) is 0 Å². The summed E-state index contributed by atoms with van der Waals surface area (Å²) in [5.41, 5.74) is 4.92. The number of aryl methyl sites for hydroxylation is 3. The van der Waals surface area contributed by atoms with Crippen molar-refractivity contribution in [2.45, 2.75) is 79.7 Å². The lowest BCUT2D eigenvalue weighted by Gasteiger charge is -2.20. The zero-order valence-corrected chi connectivity index (χ0v) is 18.0. The lowest BCUT2D eigenvalue weighted by atomic mass is 10.0. The van der Waals surface area contributed by atoms with Gasteiger partial charge in [0.05, 0.1) is 0 Å². The lowest BCUT2D eigenvalue weighted by molar-refractivity contribution is 0.102. The van der Waals surface area contributed by atoms with Crippen LogP contribution in [0.25, 0.3) is 0 Å². The van der Waals surface area contributed by atoms with E-state index in [0.717, 1.165) is 66.9 Å². The molecule has 0 atom stereocenters. The van der Waals surface area contributed by atoms with Gasteiger partial charge in [-0.3, -0.25) is 9.59 Å². The van der Waals surface area contributed by atoms with Gasteiger partial charge in [0.25, 0.3) is 5.91 Å². The van der Waals surface area contributed by atoms with Gasteiger partial charge in [-0.25, -0.2) is 0 Å². The molecule has 0 radical (unpaired) electrons. The highest BCUT2D eigenvalue weighted by atomic mass is 16.2. The van der Waals surface area contributed by atoms with Crippen LogP contribution < -0.4 is 10.7 Å². The second-order valence-electron chi connectivity index (χ2n) is 7.30. The number of anilines is 1. The number of nitrogens with one attached hydrogen (secondary N) is 1. The monoisotopic (exact) mass is 382 g/mol. The third-order valence-electron chi connectivity index (χ3n) is 5.41. The number of amides is 1. The number of para-hydroxylation sites is 1.